The summed E-state index contributed by atoms with van der Waals surface area (Å²) in [7, 11) is 0. The number of hydrogen-bond donors (Lipinski definition) is 2. The number of hydrogen-bond acceptors (Lipinski definition) is 6. The van der Waals surface area contributed by atoms with Crippen molar-refractivity contribution in [2.75, 3.05) is 13.2 Å². The molecule has 0 fully saturated rings. The Balaban J connectivity index is 1.73. The van der Waals surface area contributed by atoms with E-state index in [0.29, 0.717) is 45.5 Å². The van der Waals surface area contributed by atoms with E-state index < -0.39 is 24.0 Å². The first-order valence-electron chi connectivity index (χ1n) is 13.1. The van der Waals surface area contributed by atoms with Crippen LogP contribution < -0.4 is 25.0 Å². The Morgan fingerprint density at radius 2 is 1.76 bits per heavy atom. The zero-order chi connectivity index (χ0) is 29.8. The summed E-state index contributed by atoms with van der Waals surface area (Å²) in [6.45, 7) is 6.48. The number of nitrogens with one attached hydrogen (secondary N) is 2. The highest BCUT2D eigenvalue weighted by Gasteiger charge is 2.25. The highest BCUT2D eigenvalue weighted by Crippen LogP contribution is 2.36. The maximum absolute atomic E-state index is 13.2. The first-order valence-corrected chi connectivity index (χ1v) is 14.6. The van der Waals surface area contributed by atoms with Gasteiger partial charge in [0.25, 0.3) is 11.8 Å². The van der Waals surface area contributed by atoms with Crippen molar-refractivity contribution in [1.82, 2.24) is 10.7 Å². The van der Waals surface area contributed by atoms with Gasteiger partial charge in [-0.2, -0.15) is 5.10 Å². The summed E-state index contributed by atoms with van der Waals surface area (Å²) in [6, 6.07) is 16.7. The van der Waals surface area contributed by atoms with Crippen molar-refractivity contribution in [3.05, 3.63) is 86.3 Å². The number of carbonyl (C=O) groups excluding carboxylic acids is 2. The molecule has 0 aliphatic carbocycles. The third kappa shape index (κ3) is 9.95. The van der Waals surface area contributed by atoms with Crippen LogP contribution in [-0.4, -0.2) is 43.4 Å². The predicted octanol–water partition coefficient (Wildman–Crippen LogP) is 6.59. The van der Waals surface area contributed by atoms with E-state index in [2.05, 4.69) is 31.8 Å². The second kappa shape index (κ2) is 16.2. The molecule has 3 aromatic carbocycles. The van der Waals surface area contributed by atoms with Gasteiger partial charge in [0.1, 0.15) is 11.8 Å². The number of benzene rings is 3. The Kier molecular flexibility index (Phi) is 12.8. The van der Waals surface area contributed by atoms with E-state index >= 15 is 0 Å². The van der Waals surface area contributed by atoms with E-state index in [9.17, 15) is 9.59 Å². The molecule has 0 aromatic heterocycles. The molecule has 2 amide bonds. The maximum atomic E-state index is 13.2. The monoisotopic (exact) mass is 663 g/mol. The molecule has 0 heterocycles. The molecule has 11 heteroatoms. The molecule has 3 aromatic rings. The van der Waals surface area contributed by atoms with Crippen molar-refractivity contribution in [2.24, 2.45) is 5.10 Å². The number of ether oxygens (including phenoxy) is 3. The standard InChI is InChI=1S/C30H32BrCl2N3O5/c1-4-13-40-28-23(31)14-21(16-27(28)39-5-2)18-34-36-30(38)25(15-20-9-7-6-8-10-20)35-29(37)19(3)41-26-12-11-22(32)17-24(26)33/h6-12,14,16-19,25H,4-5,13,15H2,1-3H3,(H,35,37)(H,36,38)/b34-18-/t19-,25+/m0/s1. The Morgan fingerprint density at radius 1 is 1.00 bits per heavy atom. The summed E-state index contributed by atoms with van der Waals surface area (Å²) in [6.07, 6.45) is 1.65. The summed E-state index contributed by atoms with van der Waals surface area (Å²) in [5, 5.41) is 7.61. The van der Waals surface area contributed by atoms with Crippen LogP contribution >= 0.6 is 39.1 Å². The largest absolute Gasteiger partial charge is 0.490 e. The summed E-state index contributed by atoms with van der Waals surface area (Å²) in [5.41, 5.74) is 4.07. The topological polar surface area (TPSA) is 98.2 Å². The molecule has 41 heavy (non-hydrogen) atoms. The van der Waals surface area contributed by atoms with Crippen LogP contribution in [0.5, 0.6) is 17.2 Å². The highest BCUT2D eigenvalue weighted by atomic mass is 79.9. The molecule has 8 nitrogen and oxygen atoms in total. The normalized spacial score (nSPS) is 12.4. The highest BCUT2D eigenvalue weighted by molar-refractivity contribution is 9.10. The van der Waals surface area contributed by atoms with Gasteiger partial charge in [-0.3, -0.25) is 9.59 Å². The predicted molar refractivity (Wildman–Crippen MR) is 165 cm³/mol. The molecule has 0 unspecified atom stereocenters. The second-order valence-corrected chi connectivity index (χ2v) is 10.6. The first-order chi connectivity index (χ1) is 19.7. The van der Waals surface area contributed by atoms with Crippen LogP contribution in [0.3, 0.4) is 0 Å². The molecule has 218 valence electrons. The Bertz CT molecular complexity index is 1360. The number of nitrogens with zero attached hydrogens (tertiary/aromatic N) is 1. The second-order valence-electron chi connectivity index (χ2n) is 8.93. The van der Waals surface area contributed by atoms with Gasteiger partial charge in [0, 0.05) is 11.4 Å². The van der Waals surface area contributed by atoms with E-state index in [-0.39, 0.29) is 11.4 Å². The van der Waals surface area contributed by atoms with Gasteiger partial charge in [-0.25, -0.2) is 5.43 Å². The maximum Gasteiger partial charge on any atom is 0.262 e. The van der Waals surface area contributed by atoms with Crippen molar-refractivity contribution in [1.29, 1.82) is 0 Å². The molecule has 0 spiro atoms. The molecule has 3 rings (SSSR count). The molecule has 0 saturated carbocycles. The molecule has 2 N–H and O–H groups in total. The summed E-state index contributed by atoms with van der Waals surface area (Å²) >= 11 is 15.6. The molecule has 0 saturated heterocycles. The van der Waals surface area contributed by atoms with E-state index in [4.69, 9.17) is 37.4 Å². The lowest BCUT2D eigenvalue weighted by Gasteiger charge is -2.21. The number of rotatable bonds is 14. The van der Waals surface area contributed by atoms with Crippen molar-refractivity contribution in [3.8, 4) is 17.2 Å². The number of hydrazone groups is 1. The Morgan fingerprint density at radius 3 is 2.44 bits per heavy atom. The lowest BCUT2D eigenvalue weighted by Crippen LogP contribution is -2.50. The number of halogens is 3. The fraction of sp³-hybridized carbons (Fsp3) is 0.300. The van der Waals surface area contributed by atoms with Crippen LogP contribution in [0.25, 0.3) is 0 Å². The van der Waals surface area contributed by atoms with Crippen LogP contribution in [0.2, 0.25) is 10.0 Å². The van der Waals surface area contributed by atoms with Crippen LogP contribution in [-0.2, 0) is 16.0 Å². The molecular weight excluding hydrogens is 633 g/mol. The summed E-state index contributed by atoms with van der Waals surface area (Å²) in [5.74, 6) is 0.478. The number of amides is 2. The third-order valence-electron chi connectivity index (χ3n) is 5.65. The van der Waals surface area contributed by atoms with Gasteiger partial charge in [-0.1, -0.05) is 60.5 Å². The molecular formula is C30H32BrCl2N3O5. The van der Waals surface area contributed by atoms with E-state index in [1.165, 1.54) is 12.3 Å². The van der Waals surface area contributed by atoms with Gasteiger partial charge in [-0.05, 0) is 77.7 Å². The average Bonchev–Trinajstić information content (AvgIpc) is 2.94. The molecule has 0 radical (unpaired) electrons. The lowest BCUT2D eigenvalue weighted by atomic mass is 10.1. The van der Waals surface area contributed by atoms with Crippen LogP contribution in [0.4, 0.5) is 0 Å². The average molecular weight is 665 g/mol. The SMILES string of the molecule is CCCOc1c(Br)cc(/C=N\NC(=O)[C@@H](Cc2ccccc2)NC(=O)[C@H](C)Oc2ccc(Cl)cc2Cl)cc1OCC. The van der Waals surface area contributed by atoms with E-state index in [1.54, 1.807) is 25.1 Å². The zero-order valence-corrected chi connectivity index (χ0v) is 26.1. The Labute approximate surface area is 258 Å². The van der Waals surface area contributed by atoms with Gasteiger partial charge in [0.05, 0.1) is 28.9 Å². The summed E-state index contributed by atoms with van der Waals surface area (Å²) in [4.78, 5) is 26.2. The zero-order valence-electron chi connectivity index (χ0n) is 23.0. The van der Waals surface area contributed by atoms with Crippen LogP contribution in [0.15, 0.2) is 70.2 Å². The number of carbonyl (C=O) groups is 2. The lowest BCUT2D eigenvalue weighted by molar-refractivity contribution is -0.132. The minimum absolute atomic E-state index is 0.242. The van der Waals surface area contributed by atoms with Gasteiger partial charge in [0.2, 0.25) is 0 Å². The fourth-order valence-corrected chi connectivity index (χ4v) is 4.71. The third-order valence-corrected chi connectivity index (χ3v) is 6.77. The minimum Gasteiger partial charge on any atom is -0.490 e. The van der Waals surface area contributed by atoms with Crippen LogP contribution in [0.1, 0.15) is 38.3 Å². The van der Waals surface area contributed by atoms with E-state index in [1.807, 2.05) is 50.2 Å². The molecule has 2 atom stereocenters. The van der Waals surface area contributed by atoms with Crippen molar-refractivity contribution >= 4 is 57.2 Å². The quantitative estimate of drug-likeness (QED) is 0.150. The molecule has 0 aliphatic heterocycles. The smallest absolute Gasteiger partial charge is 0.262 e. The molecule has 0 aliphatic rings. The minimum atomic E-state index is -0.939. The Hall–Kier alpha value is -3.27. The first kappa shape index (κ1) is 32.2. The van der Waals surface area contributed by atoms with Crippen molar-refractivity contribution in [2.45, 2.75) is 45.8 Å². The van der Waals surface area contributed by atoms with Gasteiger partial charge >= 0.3 is 0 Å². The molecule has 0 bridgehead atoms. The van der Waals surface area contributed by atoms with Gasteiger partial charge < -0.3 is 19.5 Å². The van der Waals surface area contributed by atoms with Gasteiger partial charge in [-0.15, -0.1) is 0 Å². The summed E-state index contributed by atoms with van der Waals surface area (Å²) < 4.78 is 18.0. The fourth-order valence-electron chi connectivity index (χ4n) is 3.68. The van der Waals surface area contributed by atoms with Crippen molar-refractivity contribution < 1.29 is 23.8 Å². The van der Waals surface area contributed by atoms with Crippen molar-refractivity contribution in [3.63, 3.8) is 0 Å². The van der Waals surface area contributed by atoms with Crippen LogP contribution in [0, 0.1) is 0 Å². The van der Waals surface area contributed by atoms with Gasteiger partial charge in [0.15, 0.2) is 17.6 Å². The van der Waals surface area contributed by atoms with E-state index in [0.717, 1.165) is 12.0 Å².